The topological polar surface area (TPSA) is 77.4 Å². The highest BCUT2D eigenvalue weighted by atomic mass is 35.5. The number of hydrogen-bond donors (Lipinski definition) is 0. The summed E-state index contributed by atoms with van der Waals surface area (Å²) in [5, 5.41) is 1.37. The highest BCUT2D eigenvalue weighted by Crippen LogP contribution is 2.34. The minimum Gasteiger partial charge on any atom is -0.480 e. The van der Waals surface area contributed by atoms with Crippen LogP contribution in [0.15, 0.2) is 18.5 Å². The molecule has 0 aromatic carbocycles. The fourth-order valence-corrected chi connectivity index (χ4v) is 5.05. The zero-order chi connectivity index (χ0) is 22.0. The largest absolute Gasteiger partial charge is 0.480 e. The number of thiazole rings is 1. The fourth-order valence-electron chi connectivity index (χ4n) is 4.02. The van der Waals surface area contributed by atoms with Gasteiger partial charge in [-0.05, 0) is 31.4 Å². The standard InChI is InChI=1S/C22H25ClN4O3S/c1-13-26-19-20(27-6-4-17(29-2)5-7-27)15(12-25-22(19)31-13)10-16(28)8-14-9-18(23)21(30-3)24-11-14/h9,11-12,17H,4-8,10H2,1-3H3. The van der Waals surface area contributed by atoms with Crippen LogP contribution in [0.1, 0.15) is 29.0 Å². The normalized spacial score (nSPS) is 14.9. The van der Waals surface area contributed by atoms with E-state index in [2.05, 4.69) is 14.9 Å². The highest BCUT2D eigenvalue weighted by Gasteiger charge is 2.25. The van der Waals surface area contributed by atoms with E-state index in [0.717, 1.165) is 58.1 Å². The molecule has 9 heteroatoms. The van der Waals surface area contributed by atoms with Crippen LogP contribution in [0.2, 0.25) is 5.02 Å². The number of pyridine rings is 2. The Morgan fingerprint density at radius 3 is 2.68 bits per heavy atom. The number of fused-ring (bicyclic) bond motifs is 1. The van der Waals surface area contributed by atoms with E-state index < -0.39 is 0 Å². The molecule has 1 fully saturated rings. The molecule has 0 atom stereocenters. The van der Waals surface area contributed by atoms with Gasteiger partial charge in [-0.25, -0.2) is 15.0 Å². The van der Waals surface area contributed by atoms with Gasteiger partial charge in [0, 0.05) is 51.0 Å². The van der Waals surface area contributed by atoms with Gasteiger partial charge < -0.3 is 14.4 Å². The number of aromatic nitrogens is 3. The van der Waals surface area contributed by atoms with Crippen LogP contribution in [0.3, 0.4) is 0 Å². The summed E-state index contributed by atoms with van der Waals surface area (Å²) in [5.41, 5.74) is 3.59. The number of hydrogen-bond acceptors (Lipinski definition) is 8. The SMILES string of the molecule is COc1ncc(CC(=O)Cc2cnc3sc(C)nc3c2N2CCC(OC)CC2)cc1Cl. The lowest BCUT2D eigenvalue weighted by Gasteiger charge is -2.34. The van der Waals surface area contributed by atoms with Gasteiger partial charge in [0.15, 0.2) is 0 Å². The van der Waals surface area contributed by atoms with E-state index in [1.165, 1.54) is 7.11 Å². The number of ketones is 1. The molecule has 4 heterocycles. The molecule has 4 rings (SSSR count). The van der Waals surface area contributed by atoms with Gasteiger partial charge in [0.25, 0.3) is 0 Å². The third-order valence-electron chi connectivity index (χ3n) is 5.52. The number of halogens is 1. The molecule has 0 amide bonds. The Balaban J connectivity index is 1.59. The molecule has 0 saturated carbocycles. The summed E-state index contributed by atoms with van der Waals surface area (Å²) in [6.07, 6.45) is 6.17. The van der Waals surface area contributed by atoms with Crippen LogP contribution in [0.4, 0.5) is 5.69 Å². The minimum absolute atomic E-state index is 0.0733. The summed E-state index contributed by atoms with van der Waals surface area (Å²) in [7, 11) is 3.28. The molecule has 0 aliphatic carbocycles. The first kappa shape index (κ1) is 21.9. The van der Waals surface area contributed by atoms with Gasteiger partial charge >= 0.3 is 0 Å². The van der Waals surface area contributed by atoms with Gasteiger partial charge in [-0.1, -0.05) is 22.9 Å². The van der Waals surface area contributed by atoms with Crippen molar-refractivity contribution in [3.63, 3.8) is 0 Å². The molecule has 3 aromatic rings. The second-order valence-corrected chi connectivity index (χ2v) is 9.26. The van der Waals surface area contributed by atoms with Gasteiger partial charge in [-0.15, -0.1) is 0 Å². The lowest BCUT2D eigenvalue weighted by molar-refractivity contribution is -0.117. The number of Topliss-reactive ketones (excluding diaryl/α,β-unsaturated/α-hetero) is 1. The lowest BCUT2D eigenvalue weighted by Crippen LogP contribution is -2.37. The van der Waals surface area contributed by atoms with Crippen LogP contribution in [0.5, 0.6) is 5.88 Å². The first-order valence-electron chi connectivity index (χ1n) is 10.2. The third-order valence-corrected chi connectivity index (χ3v) is 6.67. The average Bonchev–Trinajstić information content (AvgIpc) is 3.14. The van der Waals surface area contributed by atoms with Crippen LogP contribution < -0.4 is 9.64 Å². The van der Waals surface area contributed by atoms with E-state index in [-0.39, 0.29) is 24.7 Å². The maximum absolute atomic E-state index is 12.9. The van der Waals surface area contributed by atoms with Crippen LogP contribution >= 0.6 is 22.9 Å². The quantitative estimate of drug-likeness (QED) is 0.526. The molecular formula is C22H25ClN4O3S. The summed E-state index contributed by atoms with van der Waals surface area (Å²) in [4.78, 5) is 29.7. The molecule has 1 aliphatic heterocycles. The monoisotopic (exact) mass is 460 g/mol. The molecule has 0 spiro atoms. The zero-order valence-electron chi connectivity index (χ0n) is 17.9. The van der Waals surface area contributed by atoms with Gasteiger partial charge in [0.05, 0.1) is 23.9 Å². The van der Waals surface area contributed by atoms with E-state index in [4.69, 9.17) is 26.1 Å². The molecule has 31 heavy (non-hydrogen) atoms. The molecule has 3 aromatic heterocycles. The maximum Gasteiger partial charge on any atom is 0.232 e. The summed E-state index contributed by atoms with van der Waals surface area (Å²) in [6.45, 7) is 3.72. The third kappa shape index (κ3) is 4.81. The van der Waals surface area contributed by atoms with E-state index in [1.54, 1.807) is 30.7 Å². The second kappa shape index (κ2) is 9.46. The molecule has 0 bridgehead atoms. The van der Waals surface area contributed by atoms with E-state index >= 15 is 0 Å². The molecule has 1 saturated heterocycles. The van der Waals surface area contributed by atoms with Crippen LogP contribution in [0.25, 0.3) is 10.3 Å². The Morgan fingerprint density at radius 1 is 1.23 bits per heavy atom. The first-order chi connectivity index (χ1) is 15.0. The molecule has 164 valence electrons. The summed E-state index contributed by atoms with van der Waals surface area (Å²) in [6, 6.07) is 1.73. The summed E-state index contributed by atoms with van der Waals surface area (Å²) in [5.74, 6) is 0.428. The number of anilines is 1. The predicted molar refractivity (Wildman–Crippen MR) is 123 cm³/mol. The molecule has 1 aliphatic rings. The Morgan fingerprint density at radius 2 is 2.00 bits per heavy atom. The van der Waals surface area contributed by atoms with Crippen LogP contribution in [0, 0.1) is 6.92 Å². The molecule has 0 unspecified atom stereocenters. The highest BCUT2D eigenvalue weighted by molar-refractivity contribution is 7.18. The number of piperidine rings is 1. The number of nitrogens with zero attached hydrogens (tertiary/aromatic N) is 4. The van der Waals surface area contributed by atoms with Crippen molar-refractivity contribution in [1.82, 2.24) is 15.0 Å². The zero-order valence-corrected chi connectivity index (χ0v) is 19.4. The van der Waals surface area contributed by atoms with Crippen molar-refractivity contribution < 1.29 is 14.3 Å². The molecule has 7 nitrogen and oxygen atoms in total. The summed E-state index contributed by atoms with van der Waals surface area (Å²) >= 11 is 7.74. The van der Waals surface area contributed by atoms with Crippen molar-refractivity contribution in [2.75, 3.05) is 32.2 Å². The van der Waals surface area contributed by atoms with Crippen molar-refractivity contribution >= 4 is 44.8 Å². The Bertz CT molecular complexity index is 1100. The molecular weight excluding hydrogens is 436 g/mol. The summed E-state index contributed by atoms with van der Waals surface area (Å²) < 4.78 is 10.6. The Labute approximate surface area is 190 Å². The second-order valence-electron chi connectivity index (χ2n) is 7.67. The van der Waals surface area contributed by atoms with E-state index in [9.17, 15) is 4.79 Å². The van der Waals surface area contributed by atoms with Gasteiger partial charge in [-0.2, -0.15) is 0 Å². The number of rotatable bonds is 7. The number of methoxy groups -OCH3 is 2. The van der Waals surface area contributed by atoms with Gasteiger partial charge in [-0.3, -0.25) is 4.79 Å². The number of aryl methyl sites for hydroxylation is 1. The van der Waals surface area contributed by atoms with E-state index in [1.807, 2.05) is 13.1 Å². The Hall–Kier alpha value is -2.29. The van der Waals surface area contributed by atoms with Crippen molar-refractivity contribution in [3.8, 4) is 5.88 Å². The van der Waals surface area contributed by atoms with Gasteiger partial charge in [0.2, 0.25) is 5.88 Å². The number of carbonyl (C=O) groups excluding carboxylic acids is 1. The smallest absolute Gasteiger partial charge is 0.232 e. The average molecular weight is 461 g/mol. The number of ether oxygens (including phenoxy) is 2. The van der Waals surface area contributed by atoms with Crippen LogP contribution in [-0.2, 0) is 22.4 Å². The van der Waals surface area contributed by atoms with Crippen LogP contribution in [-0.4, -0.2) is 54.1 Å². The Kier molecular flexibility index (Phi) is 6.69. The van der Waals surface area contributed by atoms with E-state index in [0.29, 0.717) is 10.9 Å². The van der Waals surface area contributed by atoms with Crippen molar-refractivity contribution in [2.45, 2.75) is 38.7 Å². The fraction of sp³-hybridized carbons (Fsp3) is 0.455. The van der Waals surface area contributed by atoms with Crippen molar-refractivity contribution in [2.24, 2.45) is 0 Å². The first-order valence-corrected chi connectivity index (χ1v) is 11.4. The van der Waals surface area contributed by atoms with Gasteiger partial charge in [0.1, 0.15) is 21.2 Å². The maximum atomic E-state index is 12.9. The lowest BCUT2D eigenvalue weighted by atomic mass is 10.0. The minimum atomic E-state index is 0.0733. The van der Waals surface area contributed by atoms with Crippen molar-refractivity contribution in [1.29, 1.82) is 0 Å². The molecule has 0 N–H and O–H groups in total. The number of carbonyl (C=O) groups is 1. The molecule has 0 radical (unpaired) electrons. The predicted octanol–water partition coefficient (Wildman–Crippen LogP) is 4.03. The van der Waals surface area contributed by atoms with Crippen molar-refractivity contribution in [3.05, 3.63) is 39.6 Å².